The molecule has 8 heteroatoms. The molecule has 0 radical (unpaired) electrons. The van der Waals surface area contributed by atoms with Crippen LogP contribution in [0.4, 0.5) is 0 Å². The normalized spacial score (nSPS) is 20.0. The van der Waals surface area contributed by atoms with Gasteiger partial charge in [0.15, 0.2) is 11.5 Å². The summed E-state index contributed by atoms with van der Waals surface area (Å²) >= 11 is 6.42. The number of benzene rings is 1. The second kappa shape index (κ2) is 11.1. The quantitative estimate of drug-likeness (QED) is 0.718. The zero-order valence-electron chi connectivity index (χ0n) is 16.7. The van der Waals surface area contributed by atoms with E-state index >= 15 is 0 Å². The van der Waals surface area contributed by atoms with Gasteiger partial charge in [-0.3, -0.25) is 9.69 Å². The van der Waals surface area contributed by atoms with E-state index in [1.54, 1.807) is 12.1 Å². The Morgan fingerprint density at radius 3 is 2.64 bits per heavy atom. The summed E-state index contributed by atoms with van der Waals surface area (Å²) in [7, 11) is 0. The molecule has 0 spiro atoms. The molecule has 2 saturated heterocycles. The average molecular weight is 432 g/mol. The average Bonchev–Trinajstić information content (AvgIpc) is 3.18. The highest BCUT2D eigenvalue weighted by Crippen LogP contribution is 2.37. The smallest absolute Gasteiger partial charge is 0.254 e. The van der Waals surface area contributed by atoms with Crippen molar-refractivity contribution in [2.45, 2.75) is 32.7 Å². The molecule has 2 aliphatic rings. The molecule has 0 bridgehead atoms. The lowest BCUT2D eigenvalue weighted by molar-refractivity contribution is 0.0773. The molecule has 1 aromatic carbocycles. The van der Waals surface area contributed by atoms with Crippen molar-refractivity contribution in [3.8, 4) is 11.5 Å². The molecule has 6 nitrogen and oxygen atoms in total. The van der Waals surface area contributed by atoms with Crippen molar-refractivity contribution in [2.24, 2.45) is 0 Å². The second-order valence-corrected chi connectivity index (χ2v) is 7.45. The minimum atomic E-state index is 0. The molecule has 0 aromatic heterocycles. The highest BCUT2D eigenvalue weighted by Gasteiger charge is 2.32. The monoisotopic (exact) mass is 431 g/mol. The van der Waals surface area contributed by atoms with E-state index in [0.29, 0.717) is 41.3 Å². The summed E-state index contributed by atoms with van der Waals surface area (Å²) in [6.07, 6.45) is 1.90. The number of ether oxygens (including phenoxy) is 2. The predicted molar refractivity (Wildman–Crippen MR) is 114 cm³/mol. The van der Waals surface area contributed by atoms with Gasteiger partial charge < -0.3 is 19.7 Å². The van der Waals surface area contributed by atoms with Crippen LogP contribution in [-0.4, -0.2) is 74.2 Å². The molecule has 28 heavy (non-hydrogen) atoms. The fraction of sp³-hybridized carbons (Fsp3) is 0.650. The Labute approximate surface area is 178 Å². The maximum absolute atomic E-state index is 13.0. The minimum absolute atomic E-state index is 0. The fourth-order valence-electron chi connectivity index (χ4n) is 3.75. The van der Waals surface area contributed by atoms with Crippen molar-refractivity contribution in [1.29, 1.82) is 0 Å². The van der Waals surface area contributed by atoms with E-state index in [4.69, 9.17) is 21.1 Å². The SMILES string of the molecule is CCCOc1c(Cl)cc(C(=O)N2CCC(N3CCNCC3)C2)cc1OCC.Cl. The summed E-state index contributed by atoms with van der Waals surface area (Å²) in [6, 6.07) is 3.92. The highest BCUT2D eigenvalue weighted by molar-refractivity contribution is 6.32. The number of amides is 1. The van der Waals surface area contributed by atoms with Gasteiger partial charge in [-0.1, -0.05) is 18.5 Å². The number of piperazine rings is 1. The van der Waals surface area contributed by atoms with E-state index in [-0.39, 0.29) is 18.3 Å². The number of carbonyl (C=O) groups excluding carboxylic acids is 1. The summed E-state index contributed by atoms with van der Waals surface area (Å²) in [4.78, 5) is 17.5. The van der Waals surface area contributed by atoms with Gasteiger partial charge in [-0.05, 0) is 31.9 Å². The van der Waals surface area contributed by atoms with Crippen LogP contribution in [0.1, 0.15) is 37.0 Å². The maximum Gasteiger partial charge on any atom is 0.254 e. The molecule has 0 aliphatic carbocycles. The van der Waals surface area contributed by atoms with Gasteiger partial charge in [0.1, 0.15) is 0 Å². The van der Waals surface area contributed by atoms with Gasteiger partial charge in [0.05, 0.1) is 18.2 Å². The molecule has 0 saturated carbocycles. The van der Waals surface area contributed by atoms with Crippen molar-refractivity contribution in [2.75, 3.05) is 52.5 Å². The van der Waals surface area contributed by atoms with Gasteiger partial charge in [0.2, 0.25) is 0 Å². The Balaban J connectivity index is 0.00000280. The molecular weight excluding hydrogens is 401 g/mol. The van der Waals surface area contributed by atoms with E-state index < -0.39 is 0 Å². The van der Waals surface area contributed by atoms with Gasteiger partial charge in [-0.2, -0.15) is 0 Å². The topological polar surface area (TPSA) is 54.0 Å². The minimum Gasteiger partial charge on any atom is -0.490 e. The van der Waals surface area contributed by atoms with Crippen LogP contribution in [0.25, 0.3) is 0 Å². The number of carbonyl (C=O) groups is 1. The van der Waals surface area contributed by atoms with Crippen LogP contribution in [0.15, 0.2) is 12.1 Å². The molecule has 1 amide bonds. The molecule has 1 atom stereocenters. The molecule has 3 rings (SSSR count). The largest absolute Gasteiger partial charge is 0.490 e. The van der Waals surface area contributed by atoms with E-state index in [1.807, 2.05) is 18.7 Å². The van der Waals surface area contributed by atoms with E-state index in [0.717, 1.165) is 52.1 Å². The Bertz CT molecular complexity index is 654. The first-order valence-electron chi connectivity index (χ1n) is 9.97. The highest BCUT2D eigenvalue weighted by atomic mass is 35.5. The lowest BCUT2D eigenvalue weighted by atomic mass is 10.1. The van der Waals surface area contributed by atoms with Crippen LogP contribution >= 0.6 is 24.0 Å². The number of nitrogens with zero attached hydrogens (tertiary/aromatic N) is 2. The standard InChI is InChI=1S/C20H30ClN3O3.ClH/c1-3-11-27-19-17(21)12-15(13-18(19)26-4-2)20(25)24-8-5-16(14-24)23-9-6-22-7-10-23;/h12-13,16,22H,3-11,14H2,1-2H3;1H. The predicted octanol–water partition coefficient (Wildman–Crippen LogP) is 3.07. The maximum atomic E-state index is 13.0. The zero-order chi connectivity index (χ0) is 19.2. The van der Waals surface area contributed by atoms with Gasteiger partial charge in [-0.15, -0.1) is 12.4 Å². The summed E-state index contributed by atoms with van der Waals surface area (Å²) < 4.78 is 11.4. The Morgan fingerprint density at radius 2 is 1.96 bits per heavy atom. The number of likely N-dealkylation sites (tertiary alicyclic amines) is 1. The Hall–Kier alpha value is -1.21. The molecule has 2 aliphatic heterocycles. The summed E-state index contributed by atoms with van der Waals surface area (Å²) in [6.45, 7) is 10.7. The van der Waals surface area contributed by atoms with Crippen LogP contribution in [0.3, 0.4) is 0 Å². The van der Waals surface area contributed by atoms with Crippen LogP contribution in [0.2, 0.25) is 5.02 Å². The molecule has 2 heterocycles. The van der Waals surface area contributed by atoms with Crippen molar-refractivity contribution >= 4 is 29.9 Å². The first-order chi connectivity index (χ1) is 13.1. The van der Waals surface area contributed by atoms with Crippen LogP contribution in [-0.2, 0) is 0 Å². The van der Waals surface area contributed by atoms with Crippen molar-refractivity contribution in [3.63, 3.8) is 0 Å². The van der Waals surface area contributed by atoms with Crippen molar-refractivity contribution < 1.29 is 14.3 Å². The molecule has 1 N–H and O–H groups in total. The first-order valence-corrected chi connectivity index (χ1v) is 10.3. The fourth-order valence-corrected chi connectivity index (χ4v) is 4.02. The van der Waals surface area contributed by atoms with E-state index in [2.05, 4.69) is 10.2 Å². The number of halogens is 2. The molecule has 158 valence electrons. The van der Waals surface area contributed by atoms with Crippen molar-refractivity contribution in [1.82, 2.24) is 15.1 Å². The summed E-state index contributed by atoms with van der Waals surface area (Å²) in [5, 5.41) is 3.81. The molecule has 2 fully saturated rings. The van der Waals surface area contributed by atoms with Gasteiger partial charge >= 0.3 is 0 Å². The van der Waals surface area contributed by atoms with E-state index in [1.165, 1.54) is 0 Å². The third-order valence-corrected chi connectivity index (χ3v) is 5.41. The third-order valence-electron chi connectivity index (χ3n) is 5.13. The number of hydrogen-bond donors (Lipinski definition) is 1. The number of hydrogen-bond acceptors (Lipinski definition) is 5. The van der Waals surface area contributed by atoms with Gasteiger partial charge in [0, 0.05) is 50.9 Å². The summed E-state index contributed by atoms with van der Waals surface area (Å²) in [5.41, 5.74) is 0.563. The lowest BCUT2D eigenvalue weighted by Crippen LogP contribution is -2.49. The molecule has 1 aromatic rings. The molecule has 1 unspecified atom stereocenters. The first kappa shape index (κ1) is 23.1. The van der Waals surface area contributed by atoms with Crippen LogP contribution in [0, 0.1) is 0 Å². The Morgan fingerprint density at radius 1 is 1.21 bits per heavy atom. The third kappa shape index (κ3) is 5.44. The zero-order valence-corrected chi connectivity index (χ0v) is 18.3. The van der Waals surface area contributed by atoms with E-state index in [9.17, 15) is 4.79 Å². The van der Waals surface area contributed by atoms with Crippen molar-refractivity contribution in [3.05, 3.63) is 22.7 Å². The number of nitrogens with one attached hydrogen (secondary N) is 1. The summed E-state index contributed by atoms with van der Waals surface area (Å²) in [5.74, 6) is 1.08. The Kier molecular flexibility index (Phi) is 9.15. The van der Waals surface area contributed by atoms with Gasteiger partial charge in [0.25, 0.3) is 5.91 Å². The van der Waals surface area contributed by atoms with Gasteiger partial charge in [-0.25, -0.2) is 0 Å². The molecular formula is C20H31Cl2N3O3. The lowest BCUT2D eigenvalue weighted by Gasteiger charge is -2.32. The second-order valence-electron chi connectivity index (χ2n) is 7.05. The van der Waals surface area contributed by atoms with Crippen LogP contribution < -0.4 is 14.8 Å². The van der Waals surface area contributed by atoms with Crippen LogP contribution in [0.5, 0.6) is 11.5 Å². The number of rotatable bonds is 7.